The molecule has 0 aromatic heterocycles. The van der Waals surface area contributed by atoms with E-state index in [1.807, 2.05) is 36.4 Å². The standard InChI is InChI=1S/C20H20N2O3S/c1-3-14-25-18-11-7-16(8-12-18)21-20(26)22-19(23)13-6-15-4-9-17(24-2)10-5-15/h3-13H,1,14H2,2H3,(H2,21,22,23,26)/b13-6+. The largest absolute Gasteiger partial charge is 0.497 e. The molecule has 134 valence electrons. The highest BCUT2D eigenvalue weighted by Crippen LogP contribution is 2.15. The van der Waals surface area contributed by atoms with Crippen molar-refractivity contribution in [2.45, 2.75) is 0 Å². The molecule has 0 saturated heterocycles. The van der Waals surface area contributed by atoms with Gasteiger partial charge in [-0.3, -0.25) is 10.1 Å². The van der Waals surface area contributed by atoms with E-state index in [-0.39, 0.29) is 11.0 Å². The van der Waals surface area contributed by atoms with Crippen molar-refractivity contribution in [2.75, 3.05) is 19.0 Å². The number of hydrogen-bond acceptors (Lipinski definition) is 4. The van der Waals surface area contributed by atoms with Gasteiger partial charge in [-0.25, -0.2) is 0 Å². The van der Waals surface area contributed by atoms with Crippen molar-refractivity contribution in [2.24, 2.45) is 0 Å². The number of methoxy groups -OCH3 is 1. The Morgan fingerprint density at radius 2 is 1.77 bits per heavy atom. The van der Waals surface area contributed by atoms with Crippen LogP contribution in [-0.4, -0.2) is 24.7 Å². The molecule has 0 aliphatic heterocycles. The van der Waals surface area contributed by atoms with Crippen molar-refractivity contribution < 1.29 is 14.3 Å². The number of anilines is 1. The average Bonchev–Trinajstić information content (AvgIpc) is 2.66. The highest BCUT2D eigenvalue weighted by Gasteiger charge is 2.02. The predicted octanol–water partition coefficient (Wildman–Crippen LogP) is 3.79. The smallest absolute Gasteiger partial charge is 0.250 e. The Morgan fingerprint density at radius 3 is 2.38 bits per heavy atom. The maximum absolute atomic E-state index is 11.9. The molecule has 26 heavy (non-hydrogen) atoms. The lowest BCUT2D eigenvalue weighted by Gasteiger charge is -2.09. The maximum Gasteiger partial charge on any atom is 0.250 e. The summed E-state index contributed by atoms with van der Waals surface area (Å²) in [6.45, 7) is 4.04. The van der Waals surface area contributed by atoms with Crippen LogP contribution in [0.1, 0.15) is 5.56 Å². The van der Waals surface area contributed by atoms with Gasteiger partial charge in [-0.2, -0.15) is 0 Å². The van der Waals surface area contributed by atoms with Crippen LogP contribution >= 0.6 is 12.2 Å². The van der Waals surface area contributed by atoms with Crippen molar-refractivity contribution in [1.82, 2.24) is 5.32 Å². The molecule has 0 unspecified atom stereocenters. The third kappa shape index (κ3) is 6.41. The topological polar surface area (TPSA) is 59.6 Å². The van der Waals surface area contributed by atoms with E-state index in [0.717, 1.165) is 22.7 Å². The Hall–Kier alpha value is -3.12. The van der Waals surface area contributed by atoms with Crippen molar-refractivity contribution in [3.05, 3.63) is 72.8 Å². The molecule has 2 aromatic carbocycles. The Labute approximate surface area is 158 Å². The van der Waals surface area contributed by atoms with E-state index < -0.39 is 0 Å². The van der Waals surface area contributed by atoms with E-state index in [1.165, 1.54) is 6.08 Å². The minimum absolute atomic E-state index is 0.217. The number of nitrogens with one attached hydrogen (secondary N) is 2. The van der Waals surface area contributed by atoms with Crippen molar-refractivity contribution >= 4 is 35.0 Å². The molecule has 2 rings (SSSR count). The maximum atomic E-state index is 11.9. The monoisotopic (exact) mass is 368 g/mol. The van der Waals surface area contributed by atoms with Gasteiger partial charge in [0.1, 0.15) is 18.1 Å². The fourth-order valence-electron chi connectivity index (χ4n) is 1.99. The zero-order valence-corrected chi connectivity index (χ0v) is 15.2. The number of ether oxygens (including phenoxy) is 2. The molecule has 0 atom stereocenters. The first-order chi connectivity index (χ1) is 12.6. The van der Waals surface area contributed by atoms with E-state index in [4.69, 9.17) is 21.7 Å². The molecule has 2 N–H and O–H groups in total. The highest BCUT2D eigenvalue weighted by molar-refractivity contribution is 7.80. The number of benzene rings is 2. The van der Waals surface area contributed by atoms with E-state index in [0.29, 0.717) is 6.61 Å². The zero-order chi connectivity index (χ0) is 18.8. The van der Waals surface area contributed by atoms with Gasteiger partial charge in [0.15, 0.2) is 5.11 Å². The molecular formula is C20H20N2O3S. The fraction of sp³-hybridized carbons (Fsp3) is 0.100. The summed E-state index contributed by atoms with van der Waals surface area (Å²) in [5.74, 6) is 1.18. The number of carbonyl (C=O) groups excluding carboxylic acids is 1. The van der Waals surface area contributed by atoms with Gasteiger partial charge < -0.3 is 14.8 Å². The Bertz CT molecular complexity index is 784. The molecule has 0 spiro atoms. The number of hydrogen-bond donors (Lipinski definition) is 2. The molecule has 0 aliphatic carbocycles. The number of rotatable bonds is 7. The van der Waals surface area contributed by atoms with Gasteiger partial charge in [0.2, 0.25) is 5.91 Å². The van der Waals surface area contributed by atoms with Gasteiger partial charge >= 0.3 is 0 Å². The summed E-state index contributed by atoms with van der Waals surface area (Å²) < 4.78 is 10.5. The third-order valence-corrected chi connectivity index (χ3v) is 3.46. The fourth-order valence-corrected chi connectivity index (χ4v) is 2.21. The van der Waals surface area contributed by atoms with Crippen LogP contribution in [0.25, 0.3) is 6.08 Å². The number of amides is 1. The number of thiocarbonyl (C=S) groups is 1. The van der Waals surface area contributed by atoms with Crippen molar-refractivity contribution in [1.29, 1.82) is 0 Å². The van der Waals surface area contributed by atoms with Crippen LogP contribution in [0.4, 0.5) is 5.69 Å². The van der Waals surface area contributed by atoms with Crippen LogP contribution in [0.3, 0.4) is 0 Å². The summed E-state index contributed by atoms with van der Waals surface area (Å²) in [6.07, 6.45) is 4.79. The molecule has 0 bridgehead atoms. The summed E-state index contributed by atoms with van der Waals surface area (Å²) in [7, 11) is 1.61. The molecule has 0 heterocycles. The van der Waals surface area contributed by atoms with Crippen LogP contribution < -0.4 is 20.1 Å². The molecule has 0 radical (unpaired) electrons. The first-order valence-corrected chi connectivity index (χ1v) is 8.29. The van der Waals surface area contributed by atoms with Crippen LogP contribution in [0.15, 0.2) is 67.3 Å². The summed E-state index contributed by atoms with van der Waals surface area (Å²) in [5, 5.41) is 5.76. The quantitative estimate of drug-likeness (QED) is 0.442. The lowest BCUT2D eigenvalue weighted by atomic mass is 10.2. The van der Waals surface area contributed by atoms with E-state index in [2.05, 4.69) is 17.2 Å². The SMILES string of the molecule is C=CCOc1ccc(NC(=S)NC(=O)/C=C/c2ccc(OC)cc2)cc1. The Balaban J connectivity index is 1.83. The predicted molar refractivity (Wildman–Crippen MR) is 109 cm³/mol. The molecule has 6 heteroatoms. The molecule has 2 aromatic rings. The number of carbonyl (C=O) groups is 1. The van der Waals surface area contributed by atoms with Crippen LogP contribution in [0.5, 0.6) is 11.5 Å². The zero-order valence-electron chi connectivity index (χ0n) is 14.4. The summed E-state index contributed by atoms with van der Waals surface area (Å²) >= 11 is 5.14. The molecule has 0 aliphatic rings. The van der Waals surface area contributed by atoms with Crippen LogP contribution in [0, 0.1) is 0 Å². The molecule has 0 fully saturated rings. The third-order valence-electron chi connectivity index (χ3n) is 3.26. The Kier molecular flexibility index (Phi) is 7.39. The second-order valence-electron chi connectivity index (χ2n) is 5.17. The summed E-state index contributed by atoms with van der Waals surface area (Å²) in [6, 6.07) is 14.6. The average molecular weight is 368 g/mol. The van der Waals surface area contributed by atoms with Crippen LogP contribution in [0.2, 0.25) is 0 Å². The van der Waals surface area contributed by atoms with Crippen LogP contribution in [-0.2, 0) is 4.79 Å². The first-order valence-electron chi connectivity index (χ1n) is 7.88. The minimum atomic E-state index is -0.316. The van der Waals surface area contributed by atoms with E-state index in [9.17, 15) is 4.79 Å². The first kappa shape index (κ1) is 19.2. The summed E-state index contributed by atoms with van der Waals surface area (Å²) in [4.78, 5) is 11.9. The molecule has 0 saturated carbocycles. The second-order valence-corrected chi connectivity index (χ2v) is 5.58. The van der Waals surface area contributed by atoms with Gasteiger partial charge in [0, 0.05) is 11.8 Å². The van der Waals surface area contributed by atoms with Crippen molar-refractivity contribution in [3.8, 4) is 11.5 Å². The van der Waals surface area contributed by atoms with Gasteiger partial charge in [-0.15, -0.1) is 0 Å². The Morgan fingerprint density at radius 1 is 1.12 bits per heavy atom. The van der Waals surface area contributed by atoms with Gasteiger partial charge in [-0.1, -0.05) is 24.8 Å². The van der Waals surface area contributed by atoms with Gasteiger partial charge in [0.25, 0.3) is 0 Å². The second kappa shape index (κ2) is 10.0. The molecular weight excluding hydrogens is 348 g/mol. The molecule has 5 nitrogen and oxygen atoms in total. The highest BCUT2D eigenvalue weighted by atomic mass is 32.1. The van der Waals surface area contributed by atoms with Gasteiger partial charge in [0.05, 0.1) is 7.11 Å². The normalized spacial score (nSPS) is 10.2. The molecule has 1 amide bonds. The lowest BCUT2D eigenvalue weighted by Crippen LogP contribution is -2.32. The summed E-state index contributed by atoms with van der Waals surface area (Å²) in [5.41, 5.74) is 1.63. The van der Waals surface area contributed by atoms with E-state index in [1.54, 1.807) is 31.4 Å². The lowest BCUT2D eigenvalue weighted by molar-refractivity contribution is -0.115. The van der Waals surface area contributed by atoms with Crippen molar-refractivity contribution in [3.63, 3.8) is 0 Å². The minimum Gasteiger partial charge on any atom is -0.497 e. The van der Waals surface area contributed by atoms with Gasteiger partial charge in [-0.05, 0) is 60.3 Å². The van der Waals surface area contributed by atoms with E-state index >= 15 is 0 Å².